The van der Waals surface area contributed by atoms with Crippen molar-refractivity contribution >= 4 is 43.9 Å². The maximum absolute atomic E-state index is 13.0. The fraction of sp³-hybridized carbons (Fsp3) is 0.400. The summed E-state index contributed by atoms with van der Waals surface area (Å²) in [7, 11) is -3.91. The summed E-state index contributed by atoms with van der Waals surface area (Å²) in [6, 6.07) is 6.72. The van der Waals surface area contributed by atoms with Crippen LogP contribution in [0.2, 0.25) is 0 Å². The van der Waals surface area contributed by atoms with E-state index in [1.54, 1.807) is 17.9 Å². The van der Waals surface area contributed by atoms with E-state index in [1.165, 1.54) is 33.8 Å². The lowest BCUT2D eigenvalue weighted by Crippen LogP contribution is -2.50. The number of sulfonamides is 1. The maximum Gasteiger partial charge on any atom is 0.270 e. The quantitative estimate of drug-likeness (QED) is 0.501. The highest BCUT2D eigenvalue weighted by Crippen LogP contribution is 2.33. The summed E-state index contributed by atoms with van der Waals surface area (Å²) in [5, 5.41) is 14.5. The van der Waals surface area contributed by atoms with Gasteiger partial charge in [-0.25, -0.2) is 8.42 Å². The van der Waals surface area contributed by atoms with Gasteiger partial charge in [0.2, 0.25) is 15.9 Å². The fourth-order valence-electron chi connectivity index (χ4n) is 3.51. The number of carbonyl (C=O) groups is 2. The highest BCUT2D eigenvalue weighted by atomic mass is 32.2. The first-order valence-electron chi connectivity index (χ1n) is 10.1. The Morgan fingerprint density at radius 3 is 2.47 bits per heavy atom. The summed E-state index contributed by atoms with van der Waals surface area (Å²) in [4.78, 5) is 37.3. The summed E-state index contributed by atoms with van der Waals surface area (Å²) >= 11 is 1.22. The molecule has 1 aliphatic carbocycles. The summed E-state index contributed by atoms with van der Waals surface area (Å²) in [5.74, 6) is -0.158. The van der Waals surface area contributed by atoms with Crippen molar-refractivity contribution in [1.29, 1.82) is 0 Å². The van der Waals surface area contributed by atoms with Crippen LogP contribution in [0.4, 0.5) is 10.7 Å². The van der Waals surface area contributed by atoms with Crippen molar-refractivity contribution in [3.63, 3.8) is 0 Å². The third kappa shape index (κ3) is 4.52. The van der Waals surface area contributed by atoms with E-state index in [4.69, 9.17) is 0 Å². The first-order chi connectivity index (χ1) is 15.2. The number of non-ortho nitro benzene ring substituents is 1. The zero-order valence-corrected chi connectivity index (χ0v) is 18.9. The number of piperazine rings is 1. The van der Waals surface area contributed by atoms with Crippen molar-refractivity contribution in [2.75, 3.05) is 31.5 Å². The Balaban J connectivity index is 1.41. The fourth-order valence-corrected chi connectivity index (χ4v) is 6.01. The lowest BCUT2D eigenvalue weighted by Gasteiger charge is -2.33. The van der Waals surface area contributed by atoms with Crippen molar-refractivity contribution in [3.05, 3.63) is 50.9 Å². The summed E-state index contributed by atoms with van der Waals surface area (Å²) in [5.41, 5.74) is 0.468. The molecule has 0 radical (unpaired) electrons. The van der Waals surface area contributed by atoms with Gasteiger partial charge in [0.25, 0.3) is 11.6 Å². The average molecular weight is 479 g/mol. The molecule has 2 aliphatic rings. The molecule has 1 saturated carbocycles. The zero-order chi connectivity index (χ0) is 23.0. The molecule has 2 amide bonds. The topological polar surface area (TPSA) is 130 Å². The van der Waals surface area contributed by atoms with Crippen molar-refractivity contribution < 1.29 is 22.9 Å². The molecule has 2 fully saturated rings. The van der Waals surface area contributed by atoms with Crippen LogP contribution < -0.4 is 5.32 Å². The van der Waals surface area contributed by atoms with E-state index in [-0.39, 0.29) is 54.5 Å². The standard InChI is InChI=1S/C20H22N4O6S2/c1-13-11-17(21-19(25)14-5-6-14)31-18(13)20(26)22-7-9-23(10-8-22)32(29,30)16-4-2-3-15(12-16)24(27)28/h2-4,11-12,14H,5-10H2,1H3,(H,21,25). The molecule has 0 unspecified atom stereocenters. The van der Waals surface area contributed by atoms with Gasteiger partial charge in [0.15, 0.2) is 0 Å². The highest BCUT2D eigenvalue weighted by molar-refractivity contribution is 7.89. The van der Waals surface area contributed by atoms with Crippen molar-refractivity contribution in [1.82, 2.24) is 9.21 Å². The predicted molar refractivity (Wildman–Crippen MR) is 118 cm³/mol. The van der Waals surface area contributed by atoms with E-state index < -0.39 is 14.9 Å². The second-order valence-electron chi connectivity index (χ2n) is 7.84. The predicted octanol–water partition coefficient (Wildman–Crippen LogP) is 2.46. The first-order valence-corrected chi connectivity index (χ1v) is 12.4. The van der Waals surface area contributed by atoms with Crippen LogP contribution in [0.25, 0.3) is 0 Å². The Labute approximate surface area is 189 Å². The summed E-state index contributed by atoms with van der Waals surface area (Å²) in [6.45, 7) is 2.39. The molecule has 10 nitrogen and oxygen atoms in total. The van der Waals surface area contributed by atoms with Gasteiger partial charge in [-0.05, 0) is 37.5 Å². The Morgan fingerprint density at radius 1 is 1.16 bits per heavy atom. The summed E-state index contributed by atoms with van der Waals surface area (Å²) < 4.78 is 27.0. The van der Waals surface area contributed by atoms with E-state index in [9.17, 15) is 28.1 Å². The number of hydrogen-bond acceptors (Lipinski definition) is 7. The van der Waals surface area contributed by atoms with Crippen molar-refractivity contribution in [2.24, 2.45) is 5.92 Å². The number of nitrogens with one attached hydrogen (secondary N) is 1. The van der Waals surface area contributed by atoms with Crippen LogP contribution >= 0.6 is 11.3 Å². The normalized spacial score (nSPS) is 17.2. The molecule has 1 aromatic carbocycles. The molecule has 170 valence electrons. The molecule has 1 aromatic heterocycles. The van der Waals surface area contributed by atoms with E-state index in [0.29, 0.717) is 9.88 Å². The lowest BCUT2D eigenvalue weighted by atomic mass is 10.2. The molecular weight excluding hydrogens is 456 g/mol. The summed E-state index contributed by atoms with van der Waals surface area (Å²) in [6.07, 6.45) is 1.79. The minimum atomic E-state index is -3.91. The molecule has 2 aromatic rings. The Bertz CT molecular complexity index is 1180. The number of nitro groups is 1. The molecule has 0 bridgehead atoms. The number of thiophene rings is 1. The van der Waals surface area contributed by atoms with E-state index in [2.05, 4.69) is 5.32 Å². The Kier molecular flexibility index (Phi) is 6.01. The number of nitrogens with zero attached hydrogens (tertiary/aromatic N) is 3. The van der Waals surface area contributed by atoms with Crippen LogP contribution in [-0.4, -0.2) is 60.5 Å². The zero-order valence-electron chi connectivity index (χ0n) is 17.3. The van der Waals surface area contributed by atoms with Crippen LogP contribution in [0.5, 0.6) is 0 Å². The van der Waals surface area contributed by atoms with Crippen molar-refractivity contribution in [2.45, 2.75) is 24.7 Å². The van der Waals surface area contributed by atoms with Gasteiger partial charge in [0, 0.05) is 44.2 Å². The lowest BCUT2D eigenvalue weighted by molar-refractivity contribution is -0.385. The molecular formula is C20H22N4O6S2. The van der Waals surface area contributed by atoms with Crippen LogP contribution in [0.15, 0.2) is 35.2 Å². The largest absolute Gasteiger partial charge is 0.335 e. The SMILES string of the molecule is Cc1cc(NC(=O)C2CC2)sc1C(=O)N1CCN(S(=O)(=O)c2cccc([N+](=O)[O-])c2)CC1. The van der Waals surface area contributed by atoms with E-state index >= 15 is 0 Å². The van der Waals surface area contributed by atoms with Crippen LogP contribution in [0.1, 0.15) is 28.1 Å². The molecule has 1 aliphatic heterocycles. The highest BCUT2D eigenvalue weighted by Gasteiger charge is 2.33. The maximum atomic E-state index is 13.0. The number of hydrogen-bond donors (Lipinski definition) is 1. The number of benzene rings is 1. The molecule has 1 saturated heterocycles. The monoisotopic (exact) mass is 478 g/mol. The number of nitro benzene ring substituents is 1. The van der Waals surface area contributed by atoms with Gasteiger partial charge in [-0.2, -0.15) is 4.31 Å². The average Bonchev–Trinajstić information content (AvgIpc) is 3.57. The van der Waals surface area contributed by atoms with Gasteiger partial charge < -0.3 is 10.2 Å². The van der Waals surface area contributed by atoms with E-state index in [1.807, 2.05) is 0 Å². The molecule has 0 atom stereocenters. The number of amides is 2. The van der Waals surface area contributed by atoms with Gasteiger partial charge in [0.1, 0.15) is 0 Å². The van der Waals surface area contributed by atoms with Crippen LogP contribution in [-0.2, 0) is 14.8 Å². The molecule has 32 heavy (non-hydrogen) atoms. The molecule has 4 rings (SSSR count). The number of rotatable bonds is 6. The van der Waals surface area contributed by atoms with Gasteiger partial charge in [-0.1, -0.05) is 6.07 Å². The third-order valence-corrected chi connectivity index (χ3v) is 8.53. The van der Waals surface area contributed by atoms with Gasteiger partial charge in [-0.15, -0.1) is 11.3 Å². The molecule has 2 heterocycles. The van der Waals surface area contributed by atoms with Crippen molar-refractivity contribution in [3.8, 4) is 0 Å². The van der Waals surface area contributed by atoms with Crippen LogP contribution in [0, 0.1) is 23.0 Å². The Morgan fingerprint density at radius 2 is 1.84 bits per heavy atom. The number of carbonyl (C=O) groups excluding carboxylic acids is 2. The minimum absolute atomic E-state index is 0.0229. The molecule has 1 N–H and O–H groups in total. The van der Waals surface area contributed by atoms with Crippen LogP contribution in [0.3, 0.4) is 0 Å². The molecule has 12 heteroatoms. The minimum Gasteiger partial charge on any atom is -0.335 e. The second-order valence-corrected chi connectivity index (χ2v) is 10.8. The third-order valence-electron chi connectivity index (χ3n) is 5.50. The smallest absolute Gasteiger partial charge is 0.270 e. The van der Waals surface area contributed by atoms with E-state index in [0.717, 1.165) is 24.5 Å². The Hall–Kier alpha value is -2.83. The second kappa shape index (κ2) is 8.60. The number of aryl methyl sites for hydroxylation is 1. The van der Waals surface area contributed by atoms with Gasteiger partial charge in [-0.3, -0.25) is 19.7 Å². The first kappa shape index (κ1) is 22.4. The van der Waals surface area contributed by atoms with Gasteiger partial charge >= 0.3 is 0 Å². The number of anilines is 1. The molecule has 0 spiro atoms. The van der Waals surface area contributed by atoms with Gasteiger partial charge in [0.05, 0.1) is 19.7 Å².